The summed E-state index contributed by atoms with van der Waals surface area (Å²) in [6.07, 6.45) is 3.92. The molecule has 4 heterocycles. The minimum absolute atomic E-state index is 0.0222. The van der Waals surface area contributed by atoms with E-state index in [-0.39, 0.29) is 11.5 Å². The summed E-state index contributed by atoms with van der Waals surface area (Å²) in [6.45, 7) is 5.24. The molecule has 2 aliphatic rings. The summed E-state index contributed by atoms with van der Waals surface area (Å²) in [5, 5.41) is 4.06. The molecule has 0 aliphatic carbocycles. The van der Waals surface area contributed by atoms with E-state index in [1.54, 1.807) is 25.4 Å². The van der Waals surface area contributed by atoms with Crippen molar-refractivity contribution in [3.63, 3.8) is 0 Å². The summed E-state index contributed by atoms with van der Waals surface area (Å²) in [5.41, 5.74) is 0.246. The molecule has 0 aromatic carbocycles. The van der Waals surface area contributed by atoms with Crippen molar-refractivity contribution in [3.8, 4) is 5.88 Å². The summed E-state index contributed by atoms with van der Waals surface area (Å²) < 4.78 is 16.4. The lowest BCUT2D eigenvalue weighted by Gasteiger charge is -2.47. The molecule has 2 aliphatic heterocycles. The van der Waals surface area contributed by atoms with Gasteiger partial charge < -0.3 is 23.8 Å². The number of aromatic nitrogens is 3. The van der Waals surface area contributed by atoms with E-state index in [9.17, 15) is 4.79 Å². The van der Waals surface area contributed by atoms with Crippen LogP contribution in [0.5, 0.6) is 5.88 Å². The Kier molecular flexibility index (Phi) is 5.17. The topological polar surface area (TPSA) is 93.8 Å². The molecule has 4 rings (SSSR count). The lowest BCUT2D eigenvalue weighted by Crippen LogP contribution is -2.58. The zero-order valence-electron chi connectivity index (χ0n) is 16.3. The third kappa shape index (κ3) is 3.66. The maximum absolute atomic E-state index is 12.9. The van der Waals surface area contributed by atoms with Gasteiger partial charge in [-0.2, -0.15) is 4.98 Å². The number of hydrogen-bond acceptors (Lipinski definition) is 8. The maximum Gasteiger partial charge on any atom is 0.266 e. The predicted molar refractivity (Wildman–Crippen MR) is 100 cm³/mol. The highest BCUT2D eigenvalue weighted by Crippen LogP contribution is 2.32. The van der Waals surface area contributed by atoms with E-state index in [1.807, 2.05) is 11.8 Å². The molecule has 2 saturated heterocycles. The van der Waals surface area contributed by atoms with Crippen molar-refractivity contribution >= 4 is 11.9 Å². The lowest BCUT2D eigenvalue weighted by molar-refractivity contribution is -0.111. The van der Waals surface area contributed by atoms with Crippen molar-refractivity contribution in [1.29, 1.82) is 0 Å². The van der Waals surface area contributed by atoms with E-state index in [0.29, 0.717) is 43.0 Å². The Hall–Kier alpha value is -2.68. The predicted octanol–water partition coefficient (Wildman–Crippen LogP) is 1.55. The number of carbonyl (C=O) groups is 1. The van der Waals surface area contributed by atoms with Crippen molar-refractivity contribution in [3.05, 3.63) is 29.8 Å². The number of pyridine rings is 1. The summed E-state index contributed by atoms with van der Waals surface area (Å²) >= 11 is 0. The van der Waals surface area contributed by atoms with Crippen LogP contribution in [-0.2, 0) is 11.2 Å². The number of ether oxygens (including phenoxy) is 2. The van der Waals surface area contributed by atoms with Gasteiger partial charge in [-0.15, -0.1) is 0 Å². The van der Waals surface area contributed by atoms with Crippen LogP contribution >= 0.6 is 0 Å². The Bertz CT molecular complexity index is 814. The number of nitrogens with zero attached hydrogens (tertiary/aromatic N) is 5. The Morgan fingerprint density at radius 2 is 2.11 bits per heavy atom. The molecule has 0 atom stereocenters. The number of amides is 1. The van der Waals surface area contributed by atoms with Crippen LogP contribution < -0.4 is 9.64 Å². The van der Waals surface area contributed by atoms with E-state index >= 15 is 0 Å². The van der Waals surface area contributed by atoms with E-state index < -0.39 is 0 Å². The molecule has 0 saturated carbocycles. The average Bonchev–Trinajstić information content (AvgIpc) is 3.23. The molecular formula is C19H25N5O4. The van der Waals surface area contributed by atoms with Crippen molar-refractivity contribution in [2.75, 3.05) is 44.8 Å². The Morgan fingerprint density at radius 3 is 2.75 bits per heavy atom. The van der Waals surface area contributed by atoms with Crippen LogP contribution in [0.1, 0.15) is 36.0 Å². The average molecular weight is 387 g/mol. The van der Waals surface area contributed by atoms with Crippen molar-refractivity contribution in [1.82, 2.24) is 20.0 Å². The third-order valence-electron chi connectivity index (χ3n) is 5.45. The van der Waals surface area contributed by atoms with Gasteiger partial charge in [-0.25, -0.2) is 4.98 Å². The minimum Gasteiger partial charge on any atom is -0.481 e. The summed E-state index contributed by atoms with van der Waals surface area (Å²) in [5.74, 6) is 1.76. The van der Waals surface area contributed by atoms with Crippen molar-refractivity contribution in [2.45, 2.75) is 31.8 Å². The first-order valence-electron chi connectivity index (χ1n) is 9.63. The normalized spacial score (nSPS) is 19.1. The third-order valence-corrected chi connectivity index (χ3v) is 5.45. The van der Waals surface area contributed by atoms with Gasteiger partial charge in [-0.1, -0.05) is 6.92 Å². The molecular weight excluding hydrogens is 362 g/mol. The van der Waals surface area contributed by atoms with Gasteiger partial charge in [0.2, 0.25) is 11.8 Å². The number of morpholine rings is 1. The highest BCUT2D eigenvalue weighted by atomic mass is 16.5. The largest absolute Gasteiger partial charge is 0.481 e. The summed E-state index contributed by atoms with van der Waals surface area (Å²) in [4.78, 5) is 25.4. The van der Waals surface area contributed by atoms with Crippen molar-refractivity contribution < 1.29 is 18.8 Å². The second-order valence-electron chi connectivity index (χ2n) is 7.18. The number of anilines is 1. The molecule has 0 radical (unpaired) electrons. The first-order valence-corrected chi connectivity index (χ1v) is 9.63. The lowest BCUT2D eigenvalue weighted by atomic mass is 9.89. The Labute approximate surface area is 163 Å². The monoisotopic (exact) mass is 387 g/mol. The van der Waals surface area contributed by atoms with Gasteiger partial charge in [0.1, 0.15) is 0 Å². The molecule has 0 bridgehead atoms. The Balaban J connectivity index is 1.40. The fourth-order valence-corrected chi connectivity index (χ4v) is 3.76. The number of carbonyl (C=O) groups excluding carboxylic acids is 1. The molecule has 0 N–H and O–H groups in total. The van der Waals surface area contributed by atoms with Crippen LogP contribution in [0.4, 0.5) is 5.95 Å². The second-order valence-corrected chi connectivity index (χ2v) is 7.18. The van der Waals surface area contributed by atoms with Crippen LogP contribution in [0, 0.1) is 0 Å². The fraction of sp³-hybridized carbons (Fsp3) is 0.579. The SMILES string of the molecule is CCc1nc(N2CCC3(CC2)CN(C(=O)c2ccc(OC)nc2)CCO3)no1. The number of rotatable bonds is 4. The first kappa shape index (κ1) is 18.7. The Morgan fingerprint density at radius 1 is 1.29 bits per heavy atom. The molecule has 2 aromatic rings. The van der Waals surface area contributed by atoms with Gasteiger partial charge >= 0.3 is 0 Å². The summed E-state index contributed by atoms with van der Waals surface area (Å²) in [7, 11) is 1.56. The van der Waals surface area contributed by atoms with Crippen LogP contribution in [0.25, 0.3) is 0 Å². The first-order chi connectivity index (χ1) is 13.6. The van der Waals surface area contributed by atoms with Gasteiger partial charge in [0, 0.05) is 38.3 Å². The molecule has 1 spiro atoms. The molecule has 9 nitrogen and oxygen atoms in total. The van der Waals surface area contributed by atoms with Crippen LogP contribution in [0.15, 0.2) is 22.9 Å². The molecule has 28 heavy (non-hydrogen) atoms. The van der Waals surface area contributed by atoms with Crippen molar-refractivity contribution in [2.24, 2.45) is 0 Å². The quantitative estimate of drug-likeness (QED) is 0.780. The molecule has 2 aromatic heterocycles. The van der Waals surface area contributed by atoms with E-state index in [2.05, 4.69) is 20.0 Å². The number of piperidine rings is 1. The maximum atomic E-state index is 12.9. The number of aryl methyl sites for hydroxylation is 1. The molecule has 1 amide bonds. The molecule has 150 valence electrons. The zero-order valence-corrected chi connectivity index (χ0v) is 16.3. The smallest absolute Gasteiger partial charge is 0.266 e. The molecule has 2 fully saturated rings. The van der Waals surface area contributed by atoms with Gasteiger partial charge in [-0.05, 0) is 24.1 Å². The second kappa shape index (κ2) is 7.75. The zero-order chi connectivity index (χ0) is 19.6. The van der Waals surface area contributed by atoms with Gasteiger partial charge in [0.15, 0.2) is 0 Å². The highest BCUT2D eigenvalue weighted by molar-refractivity contribution is 5.94. The molecule has 0 unspecified atom stereocenters. The number of hydrogen-bond donors (Lipinski definition) is 0. The summed E-state index contributed by atoms with van der Waals surface area (Å²) in [6, 6.07) is 3.46. The highest BCUT2D eigenvalue weighted by Gasteiger charge is 2.41. The van der Waals surface area contributed by atoms with E-state index in [0.717, 1.165) is 32.4 Å². The van der Waals surface area contributed by atoms with E-state index in [1.165, 1.54) is 0 Å². The number of methoxy groups -OCH3 is 1. The van der Waals surface area contributed by atoms with Gasteiger partial charge in [0.25, 0.3) is 11.9 Å². The van der Waals surface area contributed by atoms with E-state index in [4.69, 9.17) is 14.0 Å². The molecule has 9 heteroatoms. The van der Waals surface area contributed by atoms with Gasteiger partial charge in [-0.3, -0.25) is 4.79 Å². The minimum atomic E-state index is -0.318. The van der Waals surface area contributed by atoms with Crippen LogP contribution in [-0.4, -0.2) is 71.4 Å². The standard InChI is InChI=1S/C19H25N5O4/c1-3-15-21-18(22-28-15)23-8-6-19(7-9-23)13-24(10-11-27-19)17(25)14-4-5-16(26-2)20-12-14/h4-5,12H,3,6-11,13H2,1-2H3. The fourth-order valence-electron chi connectivity index (χ4n) is 3.76. The van der Waals surface area contributed by atoms with Gasteiger partial charge in [0.05, 0.1) is 31.4 Å². The van der Waals surface area contributed by atoms with Crippen LogP contribution in [0.3, 0.4) is 0 Å². The van der Waals surface area contributed by atoms with Crippen LogP contribution in [0.2, 0.25) is 0 Å².